The molecule has 3 aromatic rings. The van der Waals surface area contributed by atoms with E-state index in [9.17, 15) is 22.8 Å². The van der Waals surface area contributed by atoms with Gasteiger partial charge in [-0.25, -0.2) is 4.99 Å². The van der Waals surface area contributed by atoms with Crippen molar-refractivity contribution in [2.24, 2.45) is 10.9 Å². The SMILES string of the molecule is COC1=CC(C)=NC(=O)C1CNC(=O)c1cc2c(-c3ccc(C)nn3)ccn2c([C@H](C)N2CCN(CC(F)(F)F)CC2)c1C. The number of carbonyl (C=O) groups is 2. The fourth-order valence-corrected chi connectivity index (χ4v) is 6.00. The van der Waals surface area contributed by atoms with Gasteiger partial charge in [0.1, 0.15) is 11.7 Å². The van der Waals surface area contributed by atoms with Crippen LogP contribution in [0.4, 0.5) is 13.2 Å². The number of fused-ring (bicyclic) bond motifs is 1. The van der Waals surface area contributed by atoms with Gasteiger partial charge in [-0.05, 0) is 63.6 Å². The molecule has 2 amide bonds. The number of hydrogen-bond acceptors (Lipinski definition) is 7. The molecule has 0 saturated carbocycles. The highest BCUT2D eigenvalue weighted by Gasteiger charge is 2.34. The first-order chi connectivity index (χ1) is 20.9. The molecule has 2 atom stereocenters. The first-order valence-corrected chi connectivity index (χ1v) is 14.5. The van der Waals surface area contributed by atoms with E-state index in [-0.39, 0.29) is 37.5 Å². The lowest BCUT2D eigenvalue weighted by Crippen LogP contribution is -2.50. The molecule has 5 heterocycles. The van der Waals surface area contributed by atoms with Gasteiger partial charge in [0.05, 0.1) is 30.6 Å². The largest absolute Gasteiger partial charge is 0.500 e. The number of aliphatic imine (C=N–C) groups is 1. The lowest BCUT2D eigenvalue weighted by atomic mass is 9.98. The number of ether oxygens (including phenoxy) is 1. The van der Waals surface area contributed by atoms with E-state index in [2.05, 4.69) is 25.4 Å². The number of aryl methyl sites for hydroxylation is 1. The standard InChI is InChI=1S/C31H36F3N7O3/c1-18-6-7-25(38-37-18)22-8-9-41-26(22)15-23(29(42)35-16-24-27(44-5)14-19(2)36-30(24)43)20(3)28(41)21(4)40-12-10-39(11-13-40)17-31(32,33)34/h6-9,14-15,21,24H,10-13,16-17H2,1-5H3,(H,35,42)/t21-,24?/m0/s1. The van der Waals surface area contributed by atoms with Gasteiger partial charge in [-0.1, -0.05) is 0 Å². The number of amides is 2. The minimum atomic E-state index is -4.24. The van der Waals surface area contributed by atoms with Gasteiger partial charge in [-0.15, -0.1) is 0 Å². The Kier molecular flexibility index (Phi) is 8.89. The number of nitrogens with zero attached hydrogens (tertiary/aromatic N) is 6. The van der Waals surface area contributed by atoms with Crippen molar-refractivity contribution in [2.45, 2.75) is 39.9 Å². The summed E-state index contributed by atoms with van der Waals surface area (Å²) in [6.07, 6.45) is -0.644. The van der Waals surface area contributed by atoms with Crippen LogP contribution in [0.2, 0.25) is 0 Å². The third-order valence-electron chi connectivity index (χ3n) is 8.31. The lowest BCUT2D eigenvalue weighted by molar-refractivity contribution is -0.149. The van der Waals surface area contributed by atoms with Crippen molar-refractivity contribution < 1.29 is 27.5 Å². The summed E-state index contributed by atoms with van der Waals surface area (Å²) in [6.45, 7) is 7.96. The van der Waals surface area contributed by atoms with E-state index in [1.165, 1.54) is 12.0 Å². The number of halogens is 3. The Morgan fingerprint density at radius 3 is 2.48 bits per heavy atom. The zero-order valence-electron chi connectivity index (χ0n) is 25.4. The van der Waals surface area contributed by atoms with Crippen LogP contribution in [-0.4, -0.2) is 94.5 Å². The van der Waals surface area contributed by atoms with E-state index >= 15 is 0 Å². The van der Waals surface area contributed by atoms with Crippen LogP contribution in [0.15, 0.2) is 47.3 Å². The summed E-state index contributed by atoms with van der Waals surface area (Å²) in [5.41, 5.74) is 5.46. The van der Waals surface area contributed by atoms with Gasteiger partial charge >= 0.3 is 6.18 Å². The molecule has 44 heavy (non-hydrogen) atoms. The van der Waals surface area contributed by atoms with Crippen LogP contribution in [0.25, 0.3) is 16.8 Å². The van der Waals surface area contributed by atoms with E-state index in [1.807, 2.05) is 49.6 Å². The molecule has 13 heteroatoms. The van der Waals surface area contributed by atoms with Crippen LogP contribution in [0.3, 0.4) is 0 Å². The molecule has 0 bridgehead atoms. The summed E-state index contributed by atoms with van der Waals surface area (Å²) >= 11 is 0. The van der Waals surface area contributed by atoms with E-state index in [0.717, 1.165) is 28.0 Å². The Labute approximate surface area is 253 Å². The first kappa shape index (κ1) is 31.3. The second kappa shape index (κ2) is 12.5. The highest BCUT2D eigenvalue weighted by atomic mass is 19.4. The molecule has 1 fully saturated rings. The Morgan fingerprint density at radius 1 is 1.11 bits per heavy atom. The summed E-state index contributed by atoms with van der Waals surface area (Å²) < 4.78 is 46.4. The monoisotopic (exact) mass is 611 g/mol. The van der Waals surface area contributed by atoms with Crippen LogP contribution in [0.1, 0.15) is 47.2 Å². The summed E-state index contributed by atoms with van der Waals surface area (Å²) in [4.78, 5) is 34.0. The Morgan fingerprint density at radius 2 is 1.84 bits per heavy atom. The van der Waals surface area contributed by atoms with Gasteiger partial charge in [0.2, 0.25) is 0 Å². The van der Waals surface area contributed by atoms with Gasteiger partial charge in [0, 0.05) is 67.5 Å². The van der Waals surface area contributed by atoms with E-state index in [0.29, 0.717) is 35.8 Å². The van der Waals surface area contributed by atoms with Gasteiger partial charge in [0.15, 0.2) is 0 Å². The molecular formula is C31H36F3N7O3. The van der Waals surface area contributed by atoms with Crippen molar-refractivity contribution >= 4 is 23.0 Å². The number of nitrogens with one attached hydrogen (secondary N) is 1. The highest BCUT2D eigenvalue weighted by molar-refractivity contribution is 6.06. The molecule has 1 N–H and O–H groups in total. The lowest BCUT2D eigenvalue weighted by Gasteiger charge is -2.39. The van der Waals surface area contributed by atoms with Crippen LogP contribution >= 0.6 is 0 Å². The summed E-state index contributed by atoms with van der Waals surface area (Å²) in [5.74, 6) is -1.07. The second-order valence-corrected chi connectivity index (χ2v) is 11.3. The molecule has 2 aliphatic heterocycles. The van der Waals surface area contributed by atoms with Crippen molar-refractivity contribution in [2.75, 3.05) is 46.4 Å². The predicted molar refractivity (Wildman–Crippen MR) is 159 cm³/mol. The van der Waals surface area contributed by atoms with E-state index < -0.39 is 18.6 Å². The van der Waals surface area contributed by atoms with Gasteiger partial charge in [0.25, 0.3) is 11.8 Å². The molecule has 10 nitrogen and oxygen atoms in total. The summed E-state index contributed by atoms with van der Waals surface area (Å²) in [5, 5.41) is 11.5. The number of carbonyl (C=O) groups excluding carboxylic acids is 2. The molecule has 0 aromatic carbocycles. The minimum absolute atomic E-state index is 0.00208. The van der Waals surface area contributed by atoms with E-state index in [4.69, 9.17) is 4.74 Å². The zero-order chi connectivity index (χ0) is 31.8. The van der Waals surface area contributed by atoms with E-state index in [1.54, 1.807) is 19.1 Å². The van der Waals surface area contributed by atoms with Gasteiger partial charge in [-0.2, -0.15) is 23.4 Å². The number of methoxy groups -OCH3 is 1. The number of dihydropyridines is 1. The maximum atomic E-state index is 13.8. The molecule has 0 spiro atoms. The third-order valence-corrected chi connectivity index (χ3v) is 8.31. The van der Waals surface area contributed by atoms with Crippen LogP contribution in [0.5, 0.6) is 0 Å². The normalized spacial score (nSPS) is 19.1. The first-order valence-electron chi connectivity index (χ1n) is 14.5. The molecular weight excluding hydrogens is 575 g/mol. The number of aromatic nitrogens is 3. The molecule has 3 aromatic heterocycles. The minimum Gasteiger partial charge on any atom is -0.500 e. The second-order valence-electron chi connectivity index (χ2n) is 11.3. The maximum Gasteiger partial charge on any atom is 0.401 e. The molecule has 1 unspecified atom stereocenters. The molecule has 2 aliphatic rings. The third kappa shape index (κ3) is 6.53. The summed E-state index contributed by atoms with van der Waals surface area (Å²) in [7, 11) is 1.48. The molecule has 5 rings (SSSR count). The maximum absolute atomic E-state index is 13.8. The topological polar surface area (TPSA) is 104 Å². The number of pyridine rings is 1. The van der Waals surface area contributed by atoms with Crippen molar-refractivity contribution in [1.82, 2.24) is 29.7 Å². The number of piperazine rings is 1. The summed E-state index contributed by atoms with van der Waals surface area (Å²) in [6, 6.07) is 7.24. The Balaban J connectivity index is 1.49. The molecule has 0 aliphatic carbocycles. The van der Waals surface area contributed by atoms with Crippen LogP contribution in [0, 0.1) is 19.8 Å². The molecule has 234 valence electrons. The quantitative estimate of drug-likeness (QED) is 0.409. The predicted octanol–water partition coefficient (Wildman–Crippen LogP) is 4.13. The average molecular weight is 612 g/mol. The fraction of sp³-hybridized carbons (Fsp3) is 0.452. The van der Waals surface area contributed by atoms with Crippen molar-refractivity contribution in [3.63, 3.8) is 0 Å². The average Bonchev–Trinajstić information content (AvgIpc) is 3.39. The smallest absolute Gasteiger partial charge is 0.401 e. The number of allylic oxidation sites excluding steroid dienone is 1. The van der Waals surface area contributed by atoms with Crippen molar-refractivity contribution in [1.29, 1.82) is 0 Å². The number of hydrogen-bond donors (Lipinski definition) is 1. The van der Waals surface area contributed by atoms with Crippen molar-refractivity contribution in [3.8, 4) is 11.3 Å². The van der Waals surface area contributed by atoms with Crippen LogP contribution in [-0.2, 0) is 9.53 Å². The molecule has 1 saturated heterocycles. The highest BCUT2D eigenvalue weighted by Crippen LogP contribution is 2.33. The Bertz CT molecular complexity index is 1620. The molecule has 0 radical (unpaired) electrons. The fourth-order valence-electron chi connectivity index (χ4n) is 6.00. The van der Waals surface area contributed by atoms with Crippen LogP contribution < -0.4 is 5.32 Å². The van der Waals surface area contributed by atoms with Crippen molar-refractivity contribution in [3.05, 3.63) is 64.8 Å². The van der Waals surface area contributed by atoms with Gasteiger partial charge < -0.3 is 14.5 Å². The number of rotatable bonds is 8. The number of alkyl halides is 3. The van der Waals surface area contributed by atoms with Gasteiger partial charge in [-0.3, -0.25) is 19.4 Å². The zero-order valence-corrected chi connectivity index (χ0v) is 25.4. The Hall–Kier alpha value is -4.10.